The SMILES string of the molecule is C1CNCC(CN(C2CC2)C2CCC3(CCCC3)CC2)C1. The summed E-state index contributed by atoms with van der Waals surface area (Å²) < 4.78 is 0. The van der Waals surface area contributed by atoms with E-state index in [0.29, 0.717) is 0 Å². The van der Waals surface area contributed by atoms with Crippen LogP contribution in [0, 0.1) is 11.3 Å². The highest BCUT2D eigenvalue weighted by molar-refractivity contribution is 4.96. The molecular weight excluding hydrogens is 256 g/mol. The Kier molecular flexibility index (Phi) is 4.28. The van der Waals surface area contributed by atoms with Gasteiger partial charge in [-0.2, -0.15) is 0 Å². The molecule has 4 fully saturated rings. The summed E-state index contributed by atoms with van der Waals surface area (Å²) in [4.78, 5) is 2.97. The number of piperidine rings is 1. The van der Waals surface area contributed by atoms with Gasteiger partial charge in [-0.25, -0.2) is 0 Å². The van der Waals surface area contributed by atoms with E-state index in [2.05, 4.69) is 10.2 Å². The van der Waals surface area contributed by atoms with E-state index in [1.807, 2.05) is 0 Å². The minimum atomic E-state index is 0.804. The van der Waals surface area contributed by atoms with Gasteiger partial charge in [-0.3, -0.25) is 4.90 Å². The Hall–Kier alpha value is -0.0800. The number of rotatable bonds is 4. The molecule has 1 unspecified atom stereocenters. The lowest BCUT2D eigenvalue weighted by Crippen LogP contribution is -2.46. The topological polar surface area (TPSA) is 15.3 Å². The highest BCUT2D eigenvalue weighted by atomic mass is 15.2. The van der Waals surface area contributed by atoms with Gasteiger partial charge in [-0.1, -0.05) is 12.8 Å². The summed E-state index contributed by atoms with van der Waals surface area (Å²) in [5.41, 5.74) is 0.804. The molecule has 21 heavy (non-hydrogen) atoms. The van der Waals surface area contributed by atoms with Crippen molar-refractivity contribution in [3.05, 3.63) is 0 Å². The lowest BCUT2D eigenvalue weighted by atomic mass is 9.71. The van der Waals surface area contributed by atoms with Gasteiger partial charge in [-0.05, 0) is 88.6 Å². The Labute approximate surface area is 131 Å². The molecule has 0 radical (unpaired) electrons. The van der Waals surface area contributed by atoms with Crippen LogP contribution in [0.5, 0.6) is 0 Å². The Balaban J connectivity index is 1.34. The molecule has 4 aliphatic rings. The van der Waals surface area contributed by atoms with Crippen LogP contribution in [0.3, 0.4) is 0 Å². The fraction of sp³-hybridized carbons (Fsp3) is 1.00. The molecule has 0 aromatic rings. The molecule has 1 aliphatic heterocycles. The predicted molar refractivity (Wildman–Crippen MR) is 88.5 cm³/mol. The van der Waals surface area contributed by atoms with Crippen molar-refractivity contribution in [1.82, 2.24) is 10.2 Å². The van der Waals surface area contributed by atoms with E-state index in [1.54, 1.807) is 25.7 Å². The van der Waals surface area contributed by atoms with E-state index < -0.39 is 0 Å². The Bertz CT molecular complexity index is 327. The lowest BCUT2D eigenvalue weighted by Gasteiger charge is -2.43. The third-order valence-corrected chi connectivity index (χ3v) is 7.03. The summed E-state index contributed by atoms with van der Waals surface area (Å²) in [6.07, 6.45) is 18.1. The van der Waals surface area contributed by atoms with Gasteiger partial charge in [0, 0.05) is 18.6 Å². The van der Waals surface area contributed by atoms with Crippen molar-refractivity contribution < 1.29 is 0 Å². The maximum absolute atomic E-state index is 3.62. The van der Waals surface area contributed by atoms with Crippen LogP contribution in [-0.4, -0.2) is 36.6 Å². The first-order valence-corrected chi connectivity index (χ1v) is 9.81. The number of nitrogens with zero attached hydrogens (tertiary/aromatic N) is 1. The number of nitrogens with one attached hydrogen (secondary N) is 1. The minimum Gasteiger partial charge on any atom is -0.316 e. The van der Waals surface area contributed by atoms with Crippen LogP contribution in [0.2, 0.25) is 0 Å². The Morgan fingerprint density at radius 3 is 2.14 bits per heavy atom. The van der Waals surface area contributed by atoms with Crippen LogP contribution in [0.1, 0.15) is 77.0 Å². The van der Waals surface area contributed by atoms with Crippen molar-refractivity contribution >= 4 is 0 Å². The van der Waals surface area contributed by atoms with Crippen LogP contribution >= 0.6 is 0 Å². The molecule has 1 N–H and O–H groups in total. The zero-order chi connectivity index (χ0) is 14.1. The Morgan fingerprint density at radius 1 is 0.810 bits per heavy atom. The second-order valence-corrected chi connectivity index (χ2v) is 8.58. The molecule has 2 heteroatoms. The largest absolute Gasteiger partial charge is 0.316 e. The summed E-state index contributed by atoms with van der Waals surface area (Å²) in [5.74, 6) is 0.932. The Morgan fingerprint density at radius 2 is 1.52 bits per heavy atom. The molecular formula is C19H34N2. The fourth-order valence-electron chi connectivity index (χ4n) is 5.55. The average Bonchev–Trinajstić information content (AvgIpc) is 3.28. The van der Waals surface area contributed by atoms with Crippen molar-refractivity contribution in [2.75, 3.05) is 19.6 Å². The summed E-state index contributed by atoms with van der Waals surface area (Å²) in [5, 5.41) is 3.62. The van der Waals surface area contributed by atoms with E-state index in [4.69, 9.17) is 0 Å². The molecule has 120 valence electrons. The van der Waals surface area contributed by atoms with Gasteiger partial charge in [0.05, 0.1) is 0 Å². The van der Waals surface area contributed by atoms with Crippen molar-refractivity contribution in [2.24, 2.45) is 11.3 Å². The first kappa shape index (κ1) is 14.5. The van der Waals surface area contributed by atoms with Gasteiger partial charge in [-0.15, -0.1) is 0 Å². The number of hydrogen-bond donors (Lipinski definition) is 1. The van der Waals surface area contributed by atoms with Crippen molar-refractivity contribution in [3.8, 4) is 0 Å². The average molecular weight is 290 g/mol. The summed E-state index contributed by atoms with van der Waals surface area (Å²) in [7, 11) is 0. The highest BCUT2D eigenvalue weighted by Crippen LogP contribution is 2.50. The monoisotopic (exact) mass is 290 g/mol. The van der Waals surface area contributed by atoms with Gasteiger partial charge < -0.3 is 5.32 Å². The molecule has 1 heterocycles. The van der Waals surface area contributed by atoms with E-state index >= 15 is 0 Å². The normalized spacial score (nSPS) is 33.9. The van der Waals surface area contributed by atoms with Crippen molar-refractivity contribution in [2.45, 2.75) is 89.1 Å². The second kappa shape index (κ2) is 6.20. The standard InChI is InChI=1S/C19H34N2/c1-2-10-19(9-1)11-7-18(8-12-19)21(17-5-6-17)15-16-4-3-13-20-14-16/h16-18,20H,1-15H2. The minimum absolute atomic E-state index is 0.804. The first-order valence-electron chi connectivity index (χ1n) is 9.81. The second-order valence-electron chi connectivity index (χ2n) is 8.58. The third kappa shape index (κ3) is 3.32. The van der Waals surface area contributed by atoms with E-state index in [-0.39, 0.29) is 0 Å². The quantitative estimate of drug-likeness (QED) is 0.843. The molecule has 1 atom stereocenters. The van der Waals surface area contributed by atoms with Gasteiger partial charge in [0.2, 0.25) is 0 Å². The van der Waals surface area contributed by atoms with Gasteiger partial charge in [0.1, 0.15) is 0 Å². The third-order valence-electron chi connectivity index (χ3n) is 7.03. The van der Waals surface area contributed by atoms with Crippen LogP contribution < -0.4 is 5.32 Å². The van der Waals surface area contributed by atoms with Crippen LogP contribution in [0.4, 0.5) is 0 Å². The molecule has 0 aromatic heterocycles. The summed E-state index contributed by atoms with van der Waals surface area (Å²) in [6.45, 7) is 3.93. The van der Waals surface area contributed by atoms with E-state index in [1.165, 1.54) is 71.0 Å². The molecule has 4 rings (SSSR count). The highest BCUT2D eigenvalue weighted by Gasteiger charge is 2.42. The zero-order valence-corrected chi connectivity index (χ0v) is 13.8. The van der Waals surface area contributed by atoms with E-state index in [9.17, 15) is 0 Å². The molecule has 0 amide bonds. The van der Waals surface area contributed by atoms with Gasteiger partial charge >= 0.3 is 0 Å². The maximum Gasteiger partial charge on any atom is 0.00994 e. The molecule has 3 saturated carbocycles. The van der Waals surface area contributed by atoms with Gasteiger partial charge in [0.25, 0.3) is 0 Å². The van der Waals surface area contributed by atoms with E-state index in [0.717, 1.165) is 23.4 Å². The smallest absolute Gasteiger partial charge is 0.00994 e. The van der Waals surface area contributed by atoms with Gasteiger partial charge in [0.15, 0.2) is 0 Å². The first-order chi connectivity index (χ1) is 10.3. The summed E-state index contributed by atoms with van der Waals surface area (Å²) in [6, 6.07) is 1.90. The van der Waals surface area contributed by atoms with Crippen LogP contribution in [-0.2, 0) is 0 Å². The zero-order valence-electron chi connectivity index (χ0n) is 13.8. The van der Waals surface area contributed by atoms with Crippen molar-refractivity contribution in [3.63, 3.8) is 0 Å². The van der Waals surface area contributed by atoms with Crippen LogP contribution in [0.15, 0.2) is 0 Å². The summed E-state index contributed by atoms with van der Waals surface area (Å²) >= 11 is 0. The van der Waals surface area contributed by atoms with Crippen LogP contribution in [0.25, 0.3) is 0 Å². The number of hydrogen-bond acceptors (Lipinski definition) is 2. The molecule has 0 bridgehead atoms. The lowest BCUT2D eigenvalue weighted by molar-refractivity contribution is 0.0701. The van der Waals surface area contributed by atoms with Crippen molar-refractivity contribution in [1.29, 1.82) is 0 Å². The molecule has 3 aliphatic carbocycles. The fourth-order valence-corrected chi connectivity index (χ4v) is 5.55. The molecule has 0 aromatic carbocycles. The maximum atomic E-state index is 3.62. The molecule has 1 saturated heterocycles. The molecule has 1 spiro atoms. The molecule has 2 nitrogen and oxygen atoms in total. The predicted octanol–water partition coefficient (Wildman–Crippen LogP) is 3.95.